The van der Waals surface area contributed by atoms with E-state index in [9.17, 15) is 12.8 Å². The molecule has 1 aliphatic rings. The molecule has 0 unspecified atom stereocenters. The van der Waals surface area contributed by atoms with Crippen LogP contribution in [0, 0.1) is 5.82 Å². The van der Waals surface area contributed by atoms with Crippen LogP contribution in [0.15, 0.2) is 30.5 Å². The average Bonchev–Trinajstić information content (AvgIpc) is 2.74. The highest BCUT2D eigenvalue weighted by Crippen LogP contribution is 2.32. The highest BCUT2D eigenvalue weighted by molar-refractivity contribution is 7.86. The third-order valence-corrected chi connectivity index (χ3v) is 7.21. The van der Waals surface area contributed by atoms with Gasteiger partial charge in [-0.25, -0.2) is 14.4 Å². The zero-order chi connectivity index (χ0) is 21.9. The molecule has 0 radical (unpaired) electrons. The van der Waals surface area contributed by atoms with E-state index in [0.29, 0.717) is 30.3 Å². The molecular formula is C20H28FN5O3S. The van der Waals surface area contributed by atoms with Crippen molar-refractivity contribution in [1.82, 2.24) is 18.6 Å². The number of ether oxygens (including phenoxy) is 1. The molecule has 164 valence electrons. The summed E-state index contributed by atoms with van der Waals surface area (Å²) in [6, 6.07) is 6.05. The minimum absolute atomic E-state index is 0.150. The predicted octanol–water partition coefficient (Wildman–Crippen LogP) is 2.31. The second-order valence-corrected chi connectivity index (χ2v) is 9.11. The molecule has 0 N–H and O–H groups in total. The van der Waals surface area contributed by atoms with Crippen molar-refractivity contribution in [2.24, 2.45) is 0 Å². The number of nitrogens with zero attached hydrogens (tertiary/aromatic N) is 5. The zero-order valence-corrected chi connectivity index (χ0v) is 18.6. The predicted molar refractivity (Wildman–Crippen MR) is 114 cm³/mol. The Morgan fingerprint density at radius 1 is 1.20 bits per heavy atom. The van der Waals surface area contributed by atoms with Crippen molar-refractivity contribution in [1.29, 1.82) is 0 Å². The van der Waals surface area contributed by atoms with E-state index in [-0.39, 0.29) is 25.5 Å². The Labute approximate surface area is 177 Å². The Bertz CT molecular complexity index is 965. The normalized spacial score (nSPS) is 18.0. The summed E-state index contributed by atoms with van der Waals surface area (Å²) in [7, 11) is 0.0664. The van der Waals surface area contributed by atoms with Gasteiger partial charge in [0.05, 0.1) is 12.3 Å². The van der Waals surface area contributed by atoms with Crippen LogP contribution < -0.4 is 4.90 Å². The smallest absolute Gasteiger partial charge is 0.282 e. The summed E-state index contributed by atoms with van der Waals surface area (Å²) in [6.07, 6.45) is 1.11. The molecule has 3 rings (SSSR count). The molecule has 1 aromatic heterocycles. The van der Waals surface area contributed by atoms with Crippen LogP contribution >= 0.6 is 0 Å². The quantitative estimate of drug-likeness (QED) is 0.662. The van der Waals surface area contributed by atoms with E-state index >= 15 is 0 Å². The van der Waals surface area contributed by atoms with Gasteiger partial charge in [-0.05, 0) is 17.7 Å². The summed E-state index contributed by atoms with van der Waals surface area (Å²) in [5.74, 6) is 0.153. The topological polar surface area (TPSA) is 78.9 Å². The summed E-state index contributed by atoms with van der Waals surface area (Å²) in [6.45, 7) is 5.14. The lowest BCUT2D eigenvalue weighted by molar-refractivity contribution is -0.00625. The fourth-order valence-corrected chi connectivity index (χ4v) is 5.02. The fourth-order valence-electron chi connectivity index (χ4n) is 3.41. The maximum atomic E-state index is 13.4. The minimum Gasteiger partial charge on any atom is -0.369 e. The van der Waals surface area contributed by atoms with Crippen molar-refractivity contribution in [3.63, 3.8) is 0 Å². The fraction of sp³-hybridized carbons (Fsp3) is 0.500. The van der Waals surface area contributed by atoms with E-state index < -0.39 is 16.3 Å². The minimum atomic E-state index is -3.59. The Hall–Kier alpha value is -2.14. The molecule has 0 bridgehead atoms. The molecule has 1 aliphatic heterocycles. The molecule has 30 heavy (non-hydrogen) atoms. The molecule has 1 atom stereocenters. The number of rotatable bonds is 7. The lowest BCUT2D eigenvalue weighted by Gasteiger charge is -2.35. The van der Waals surface area contributed by atoms with Crippen LogP contribution in [0.4, 0.5) is 10.3 Å². The Morgan fingerprint density at radius 3 is 2.47 bits per heavy atom. The van der Waals surface area contributed by atoms with Crippen LogP contribution in [0.2, 0.25) is 0 Å². The van der Waals surface area contributed by atoms with E-state index in [0.717, 1.165) is 5.56 Å². The van der Waals surface area contributed by atoms with Gasteiger partial charge in [0.25, 0.3) is 10.2 Å². The first-order chi connectivity index (χ1) is 14.3. The van der Waals surface area contributed by atoms with Crippen LogP contribution in [-0.4, -0.2) is 73.9 Å². The molecule has 1 saturated heterocycles. The first-order valence-electron chi connectivity index (χ1n) is 9.94. The van der Waals surface area contributed by atoms with E-state index in [2.05, 4.69) is 9.97 Å². The number of aromatic nitrogens is 2. The molecule has 2 aromatic rings. The van der Waals surface area contributed by atoms with Crippen LogP contribution in [0.1, 0.15) is 25.6 Å². The number of halogens is 1. The largest absolute Gasteiger partial charge is 0.369 e. The molecule has 0 saturated carbocycles. The third kappa shape index (κ3) is 4.61. The van der Waals surface area contributed by atoms with Crippen molar-refractivity contribution in [3.8, 4) is 11.1 Å². The van der Waals surface area contributed by atoms with E-state index in [1.807, 2.05) is 27.9 Å². The van der Waals surface area contributed by atoms with Crippen LogP contribution in [0.5, 0.6) is 0 Å². The number of hydrogen-bond donors (Lipinski definition) is 0. The van der Waals surface area contributed by atoms with Gasteiger partial charge in [0.1, 0.15) is 11.9 Å². The van der Waals surface area contributed by atoms with Crippen LogP contribution in [0.25, 0.3) is 11.1 Å². The van der Waals surface area contributed by atoms with Crippen molar-refractivity contribution in [2.75, 3.05) is 51.8 Å². The van der Waals surface area contributed by atoms with Crippen LogP contribution in [0.3, 0.4) is 0 Å². The van der Waals surface area contributed by atoms with Gasteiger partial charge >= 0.3 is 0 Å². The SMILES string of the molecule is CCN(CC)S(=O)(=O)N1CCO[C@@H](c2nc(N(C)C)ncc2-c2ccc(F)cc2)C1. The Kier molecular flexibility index (Phi) is 7.02. The molecule has 1 aromatic carbocycles. The highest BCUT2D eigenvalue weighted by atomic mass is 32.2. The monoisotopic (exact) mass is 437 g/mol. The highest BCUT2D eigenvalue weighted by Gasteiger charge is 2.35. The van der Waals surface area contributed by atoms with Crippen molar-refractivity contribution in [3.05, 3.63) is 42.0 Å². The number of morpholine rings is 1. The average molecular weight is 438 g/mol. The van der Waals surface area contributed by atoms with Crippen LogP contribution in [-0.2, 0) is 14.9 Å². The van der Waals surface area contributed by atoms with E-state index in [4.69, 9.17) is 4.74 Å². The maximum Gasteiger partial charge on any atom is 0.282 e. The van der Waals surface area contributed by atoms with Crippen molar-refractivity contribution >= 4 is 16.2 Å². The summed E-state index contributed by atoms with van der Waals surface area (Å²) in [4.78, 5) is 10.8. The third-order valence-electron chi connectivity index (χ3n) is 5.05. The summed E-state index contributed by atoms with van der Waals surface area (Å²) < 4.78 is 48.3. The molecule has 10 heteroatoms. The van der Waals surface area contributed by atoms with E-state index in [1.165, 1.54) is 20.7 Å². The molecule has 8 nitrogen and oxygen atoms in total. The summed E-state index contributed by atoms with van der Waals surface area (Å²) in [5, 5.41) is 0. The lowest BCUT2D eigenvalue weighted by Crippen LogP contribution is -2.49. The Morgan fingerprint density at radius 2 is 1.87 bits per heavy atom. The summed E-state index contributed by atoms with van der Waals surface area (Å²) >= 11 is 0. The van der Waals surface area contributed by atoms with E-state index in [1.54, 1.807) is 23.2 Å². The second-order valence-electron chi connectivity index (χ2n) is 7.18. The standard InChI is InChI=1S/C20H28FN5O3S/c1-5-25(6-2)30(27,28)26-11-12-29-18(14-26)19-17(13-22-20(23-19)24(3)4)15-7-9-16(21)10-8-15/h7-10,13,18H,5-6,11-12,14H2,1-4H3/t18-/m1/s1. The number of hydrogen-bond acceptors (Lipinski definition) is 6. The van der Waals surface area contributed by atoms with Gasteiger partial charge in [-0.2, -0.15) is 17.0 Å². The zero-order valence-electron chi connectivity index (χ0n) is 17.7. The molecular weight excluding hydrogens is 409 g/mol. The molecule has 1 fully saturated rings. The molecule has 0 amide bonds. The second kappa shape index (κ2) is 9.34. The number of benzene rings is 1. The Balaban J connectivity index is 2.00. The van der Waals surface area contributed by atoms with Crippen molar-refractivity contribution in [2.45, 2.75) is 20.0 Å². The maximum absolute atomic E-state index is 13.4. The van der Waals surface area contributed by atoms with Gasteiger partial charge in [-0.3, -0.25) is 0 Å². The first kappa shape index (κ1) is 22.5. The van der Waals surface area contributed by atoms with Gasteiger partial charge in [-0.15, -0.1) is 0 Å². The van der Waals surface area contributed by atoms with Gasteiger partial charge in [0.2, 0.25) is 5.95 Å². The van der Waals surface area contributed by atoms with Gasteiger partial charge in [0, 0.05) is 52.0 Å². The molecule has 0 spiro atoms. The molecule has 2 heterocycles. The van der Waals surface area contributed by atoms with Crippen molar-refractivity contribution < 1.29 is 17.5 Å². The lowest BCUT2D eigenvalue weighted by atomic mass is 10.0. The van der Waals surface area contributed by atoms with Gasteiger partial charge < -0.3 is 9.64 Å². The van der Waals surface area contributed by atoms with Gasteiger partial charge in [-0.1, -0.05) is 26.0 Å². The van der Waals surface area contributed by atoms with Gasteiger partial charge in [0.15, 0.2) is 0 Å². The summed E-state index contributed by atoms with van der Waals surface area (Å²) in [5.41, 5.74) is 2.01. The molecule has 0 aliphatic carbocycles. The number of anilines is 1. The first-order valence-corrected chi connectivity index (χ1v) is 11.3.